The third-order valence-electron chi connectivity index (χ3n) is 1.46. The lowest BCUT2D eigenvalue weighted by molar-refractivity contribution is -0.119. The Kier molecular flexibility index (Phi) is 4.10. The first kappa shape index (κ1) is 11.5. The molecule has 0 radical (unpaired) electrons. The molecule has 0 fully saturated rings. The maximum Gasteiger partial charge on any atom is 0.269 e. The number of amides is 1. The fourth-order valence-corrected chi connectivity index (χ4v) is 1.09. The lowest BCUT2D eigenvalue weighted by Gasteiger charge is -2.04. The van der Waals surface area contributed by atoms with Crippen molar-refractivity contribution in [1.29, 1.82) is 0 Å². The quantitative estimate of drug-likeness (QED) is 0.698. The van der Waals surface area contributed by atoms with Crippen LogP contribution in [-0.4, -0.2) is 31.2 Å². The third-order valence-corrected chi connectivity index (χ3v) is 1.67. The van der Waals surface area contributed by atoms with Crippen molar-refractivity contribution in [2.75, 3.05) is 5.32 Å². The average molecular weight is 228 g/mol. The predicted molar refractivity (Wildman–Crippen MR) is 58.1 cm³/mol. The summed E-state index contributed by atoms with van der Waals surface area (Å²) < 4.78 is 0. The van der Waals surface area contributed by atoms with Crippen LogP contribution in [0.1, 0.15) is 19.8 Å². The van der Waals surface area contributed by atoms with Gasteiger partial charge in [-0.05, 0) is 23.9 Å². The first-order valence-corrected chi connectivity index (χ1v) is 4.87. The molecule has 1 aromatic heterocycles. The van der Waals surface area contributed by atoms with Crippen molar-refractivity contribution in [1.82, 2.24) is 25.5 Å². The van der Waals surface area contributed by atoms with Gasteiger partial charge in [0.05, 0.1) is 7.05 Å². The van der Waals surface area contributed by atoms with Gasteiger partial charge in [-0.2, -0.15) is 4.80 Å². The predicted octanol–water partition coefficient (Wildman–Crippen LogP) is -0.177. The molecular formula is C7H12N6OS. The summed E-state index contributed by atoms with van der Waals surface area (Å²) in [5.74, 6) is 0.137. The zero-order chi connectivity index (χ0) is 11.3. The molecule has 0 atom stereocenters. The van der Waals surface area contributed by atoms with Gasteiger partial charge in [-0.25, -0.2) is 0 Å². The fraction of sp³-hybridized carbons (Fsp3) is 0.571. The second kappa shape index (κ2) is 5.35. The highest BCUT2D eigenvalue weighted by molar-refractivity contribution is 7.80. The van der Waals surface area contributed by atoms with E-state index in [1.807, 2.05) is 6.92 Å². The number of aryl methyl sites for hydroxylation is 1. The largest absolute Gasteiger partial charge is 0.303 e. The number of tetrazole rings is 1. The Bertz CT molecular complexity index is 362. The Morgan fingerprint density at radius 3 is 2.87 bits per heavy atom. The Morgan fingerprint density at radius 1 is 1.60 bits per heavy atom. The standard InChI is InChI=1S/C7H12N6OS/c1-3-4-5(14)8-7(15)9-6-10-12-13(2)11-6/h3-4H2,1-2H3,(H2,8,9,11,14,15). The van der Waals surface area contributed by atoms with Gasteiger partial charge in [0.25, 0.3) is 5.95 Å². The number of carbonyl (C=O) groups is 1. The summed E-state index contributed by atoms with van der Waals surface area (Å²) in [6, 6.07) is 0. The number of nitrogens with zero attached hydrogens (tertiary/aromatic N) is 4. The van der Waals surface area contributed by atoms with Crippen LogP contribution >= 0.6 is 12.2 Å². The maximum absolute atomic E-state index is 11.1. The number of thiocarbonyl (C=S) groups is 1. The van der Waals surface area contributed by atoms with Gasteiger partial charge in [0.15, 0.2) is 5.11 Å². The van der Waals surface area contributed by atoms with Gasteiger partial charge < -0.3 is 5.32 Å². The molecule has 15 heavy (non-hydrogen) atoms. The van der Waals surface area contributed by atoms with Gasteiger partial charge in [-0.1, -0.05) is 12.0 Å². The lowest BCUT2D eigenvalue weighted by atomic mass is 10.3. The van der Waals surface area contributed by atoms with Gasteiger partial charge in [0.2, 0.25) is 5.91 Å². The summed E-state index contributed by atoms with van der Waals surface area (Å²) >= 11 is 4.88. The van der Waals surface area contributed by atoms with Crippen molar-refractivity contribution in [3.8, 4) is 0 Å². The van der Waals surface area contributed by atoms with Crippen LogP contribution in [-0.2, 0) is 11.8 Å². The highest BCUT2D eigenvalue weighted by Crippen LogP contribution is 1.92. The smallest absolute Gasteiger partial charge is 0.269 e. The van der Waals surface area contributed by atoms with Crippen LogP contribution in [0.3, 0.4) is 0 Å². The highest BCUT2D eigenvalue weighted by Gasteiger charge is 2.05. The molecule has 1 aromatic rings. The van der Waals surface area contributed by atoms with Crippen molar-refractivity contribution >= 4 is 29.2 Å². The number of hydrogen-bond acceptors (Lipinski definition) is 5. The summed E-state index contributed by atoms with van der Waals surface area (Å²) in [6.07, 6.45) is 1.22. The SMILES string of the molecule is CCCC(=O)NC(=S)Nc1nnn(C)n1. The average Bonchev–Trinajstić information content (AvgIpc) is 2.51. The maximum atomic E-state index is 11.1. The van der Waals surface area contributed by atoms with Gasteiger partial charge >= 0.3 is 0 Å². The third kappa shape index (κ3) is 3.98. The van der Waals surface area contributed by atoms with E-state index in [1.165, 1.54) is 4.80 Å². The minimum atomic E-state index is -0.126. The first-order valence-electron chi connectivity index (χ1n) is 4.46. The molecule has 0 aliphatic carbocycles. The lowest BCUT2D eigenvalue weighted by Crippen LogP contribution is -2.34. The molecule has 2 N–H and O–H groups in total. The zero-order valence-corrected chi connectivity index (χ0v) is 9.34. The molecule has 0 unspecified atom stereocenters. The van der Waals surface area contributed by atoms with Crippen LogP contribution < -0.4 is 10.6 Å². The Morgan fingerprint density at radius 2 is 2.33 bits per heavy atom. The van der Waals surface area contributed by atoms with Crippen LogP contribution in [0.2, 0.25) is 0 Å². The van der Waals surface area contributed by atoms with Crippen molar-refractivity contribution < 1.29 is 4.79 Å². The Balaban J connectivity index is 2.39. The van der Waals surface area contributed by atoms with E-state index in [9.17, 15) is 4.79 Å². The fourth-order valence-electron chi connectivity index (χ4n) is 0.883. The number of aromatic nitrogens is 4. The van der Waals surface area contributed by atoms with Crippen LogP contribution in [0.5, 0.6) is 0 Å². The van der Waals surface area contributed by atoms with Gasteiger partial charge in [-0.15, -0.1) is 5.10 Å². The molecule has 0 spiro atoms. The molecule has 0 bridgehead atoms. The summed E-state index contributed by atoms with van der Waals surface area (Å²) in [7, 11) is 1.64. The molecule has 0 aliphatic heterocycles. The van der Waals surface area contributed by atoms with E-state index in [-0.39, 0.29) is 17.0 Å². The van der Waals surface area contributed by atoms with Crippen molar-refractivity contribution in [3.05, 3.63) is 0 Å². The molecule has 0 aliphatic rings. The van der Waals surface area contributed by atoms with E-state index in [1.54, 1.807) is 7.05 Å². The van der Waals surface area contributed by atoms with E-state index in [4.69, 9.17) is 12.2 Å². The van der Waals surface area contributed by atoms with Crippen molar-refractivity contribution in [3.63, 3.8) is 0 Å². The van der Waals surface area contributed by atoms with Gasteiger partial charge in [0.1, 0.15) is 0 Å². The van der Waals surface area contributed by atoms with E-state index < -0.39 is 0 Å². The van der Waals surface area contributed by atoms with Gasteiger partial charge in [-0.3, -0.25) is 10.1 Å². The number of hydrogen-bond donors (Lipinski definition) is 2. The number of carbonyl (C=O) groups excluding carboxylic acids is 1. The first-order chi connectivity index (χ1) is 7.11. The molecule has 8 heteroatoms. The topological polar surface area (TPSA) is 84.7 Å². The molecule has 0 aromatic carbocycles. The van der Waals surface area contributed by atoms with Crippen LogP contribution in [0.4, 0.5) is 5.95 Å². The molecule has 0 saturated carbocycles. The summed E-state index contributed by atoms with van der Waals surface area (Å²) in [4.78, 5) is 12.4. The summed E-state index contributed by atoms with van der Waals surface area (Å²) in [5, 5.41) is 16.4. The second-order valence-electron chi connectivity index (χ2n) is 2.85. The number of rotatable bonds is 3. The minimum Gasteiger partial charge on any atom is -0.303 e. The monoisotopic (exact) mass is 228 g/mol. The normalized spacial score (nSPS) is 9.73. The van der Waals surface area contributed by atoms with Crippen LogP contribution in [0, 0.1) is 0 Å². The molecule has 82 valence electrons. The molecule has 1 rings (SSSR count). The van der Waals surface area contributed by atoms with E-state index in [0.717, 1.165) is 6.42 Å². The van der Waals surface area contributed by atoms with Crippen LogP contribution in [0.25, 0.3) is 0 Å². The highest BCUT2D eigenvalue weighted by atomic mass is 32.1. The number of anilines is 1. The van der Waals surface area contributed by atoms with E-state index >= 15 is 0 Å². The summed E-state index contributed by atoms with van der Waals surface area (Å²) in [6.45, 7) is 1.92. The molecule has 7 nitrogen and oxygen atoms in total. The number of nitrogens with one attached hydrogen (secondary N) is 2. The van der Waals surface area contributed by atoms with E-state index in [0.29, 0.717) is 6.42 Å². The molecule has 1 heterocycles. The molecular weight excluding hydrogens is 216 g/mol. The van der Waals surface area contributed by atoms with Crippen molar-refractivity contribution in [2.24, 2.45) is 7.05 Å². The Labute approximate surface area is 92.2 Å². The minimum absolute atomic E-state index is 0.126. The van der Waals surface area contributed by atoms with Crippen molar-refractivity contribution in [2.45, 2.75) is 19.8 Å². The zero-order valence-electron chi connectivity index (χ0n) is 8.52. The van der Waals surface area contributed by atoms with Crippen LogP contribution in [0.15, 0.2) is 0 Å². The molecule has 1 amide bonds. The van der Waals surface area contributed by atoms with Gasteiger partial charge in [0, 0.05) is 6.42 Å². The second-order valence-corrected chi connectivity index (χ2v) is 3.26. The Hall–Kier alpha value is -1.57. The molecule has 0 saturated heterocycles. The van der Waals surface area contributed by atoms with E-state index in [2.05, 4.69) is 26.0 Å². The summed E-state index contributed by atoms with van der Waals surface area (Å²) in [5.41, 5.74) is 0.